The first-order valence-corrected chi connectivity index (χ1v) is 6.92. The molecule has 1 fully saturated rings. The van der Waals surface area contributed by atoms with E-state index in [4.69, 9.17) is 9.84 Å². The van der Waals surface area contributed by atoms with Crippen molar-refractivity contribution in [3.05, 3.63) is 23.8 Å². The van der Waals surface area contributed by atoms with E-state index in [0.717, 1.165) is 32.1 Å². The number of fused-ring (bicyclic) bond motifs is 1. The molecule has 0 aromatic heterocycles. The van der Waals surface area contributed by atoms with Crippen LogP contribution in [0.3, 0.4) is 0 Å². The van der Waals surface area contributed by atoms with Crippen LogP contribution in [-0.2, 0) is 4.79 Å². The van der Waals surface area contributed by atoms with Gasteiger partial charge in [-0.1, -0.05) is 19.3 Å². The number of benzene rings is 1. The van der Waals surface area contributed by atoms with E-state index in [9.17, 15) is 9.59 Å². The van der Waals surface area contributed by atoms with Gasteiger partial charge in [-0.05, 0) is 31.0 Å². The van der Waals surface area contributed by atoms with Crippen molar-refractivity contribution in [2.45, 2.75) is 32.1 Å². The summed E-state index contributed by atoms with van der Waals surface area (Å²) in [5.74, 6) is -0.511. The van der Waals surface area contributed by atoms with E-state index in [1.165, 1.54) is 12.1 Å². The summed E-state index contributed by atoms with van der Waals surface area (Å²) in [5, 5.41) is 11.9. The molecule has 20 heavy (non-hydrogen) atoms. The molecule has 0 bridgehead atoms. The molecule has 3 rings (SSSR count). The number of carboxylic acid groups (broad SMARTS) is 1. The van der Waals surface area contributed by atoms with Gasteiger partial charge >= 0.3 is 5.97 Å². The predicted molar refractivity (Wildman–Crippen MR) is 73.0 cm³/mol. The van der Waals surface area contributed by atoms with Gasteiger partial charge in [0, 0.05) is 0 Å². The number of carbonyl (C=O) groups is 2. The molecule has 0 saturated heterocycles. The van der Waals surface area contributed by atoms with Gasteiger partial charge in [0.25, 0.3) is 0 Å². The topological polar surface area (TPSA) is 75.6 Å². The summed E-state index contributed by atoms with van der Waals surface area (Å²) in [7, 11) is 0. The molecule has 1 aliphatic heterocycles. The van der Waals surface area contributed by atoms with Gasteiger partial charge < -0.3 is 15.2 Å². The lowest BCUT2D eigenvalue weighted by Gasteiger charge is -2.33. The highest BCUT2D eigenvalue weighted by molar-refractivity contribution is 5.99. The van der Waals surface area contributed by atoms with Gasteiger partial charge in [0.05, 0.1) is 16.7 Å². The summed E-state index contributed by atoms with van der Waals surface area (Å²) >= 11 is 0. The lowest BCUT2D eigenvalue weighted by molar-refractivity contribution is -0.128. The quantitative estimate of drug-likeness (QED) is 0.826. The first-order valence-electron chi connectivity index (χ1n) is 6.92. The Labute approximate surface area is 116 Å². The Morgan fingerprint density at radius 2 is 2.00 bits per heavy atom. The Hall–Kier alpha value is -2.04. The smallest absolute Gasteiger partial charge is 0.335 e. The number of amides is 1. The minimum Gasteiger partial charge on any atom is -0.490 e. The van der Waals surface area contributed by atoms with Gasteiger partial charge in [0.2, 0.25) is 5.91 Å². The molecule has 106 valence electrons. The van der Waals surface area contributed by atoms with E-state index in [1.54, 1.807) is 6.07 Å². The summed E-state index contributed by atoms with van der Waals surface area (Å²) < 4.78 is 5.77. The zero-order valence-electron chi connectivity index (χ0n) is 11.1. The van der Waals surface area contributed by atoms with Crippen molar-refractivity contribution in [1.82, 2.24) is 0 Å². The van der Waals surface area contributed by atoms with E-state index in [-0.39, 0.29) is 11.5 Å². The maximum atomic E-state index is 12.5. The Morgan fingerprint density at radius 1 is 1.25 bits per heavy atom. The van der Waals surface area contributed by atoms with Crippen molar-refractivity contribution in [3.8, 4) is 5.75 Å². The minimum absolute atomic E-state index is 0.0431. The summed E-state index contributed by atoms with van der Waals surface area (Å²) in [4.78, 5) is 23.5. The molecule has 5 heteroatoms. The molecule has 1 aromatic rings. The highest BCUT2D eigenvalue weighted by Crippen LogP contribution is 2.41. The fraction of sp³-hybridized carbons (Fsp3) is 0.467. The Morgan fingerprint density at radius 3 is 2.70 bits per heavy atom. The van der Waals surface area contributed by atoms with Crippen LogP contribution in [0.4, 0.5) is 5.69 Å². The first-order chi connectivity index (χ1) is 9.61. The molecule has 1 saturated carbocycles. The molecular weight excluding hydrogens is 258 g/mol. The van der Waals surface area contributed by atoms with Gasteiger partial charge in [-0.15, -0.1) is 0 Å². The van der Waals surface area contributed by atoms with Crippen molar-refractivity contribution in [1.29, 1.82) is 0 Å². The van der Waals surface area contributed by atoms with Crippen LogP contribution in [0.2, 0.25) is 0 Å². The van der Waals surface area contributed by atoms with Gasteiger partial charge in [0.1, 0.15) is 12.4 Å². The van der Waals surface area contributed by atoms with Crippen molar-refractivity contribution < 1.29 is 19.4 Å². The fourth-order valence-electron chi connectivity index (χ4n) is 3.02. The Kier molecular flexibility index (Phi) is 3.12. The molecule has 1 aromatic carbocycles. The normalized spacial score (nSPS) is 20.5. The van der Waals surface area contributed by atoms with Gasteiger partial charge in [-0.2, -0.15) is 0 Å². The van der Waals surface area contributed by atoms with Crippen LogP contribution in [0.5, 0.6) is 5.75 Å². The summed E-state index contributed by atoms with van der Waals surface area (Å²) in [5.41, 5.74) is 0.144. The Balaban J connectivity index is 1.92. The average molecular weight is 275 g/mol. The summed E-state index contributed by atoms with van der Waals surface area (Å²) in [6.45, 7) is 0.373. The molecule has 1 heterocycles. The van der Waals surface area contributed by atoms with Crippen molar-refractivity contribution in [3.63, 3.8) is 0 Å². The number of hydrogen-bond acceptors (Lipinski definition) is 3. The highest BCUT2D eigenvalue weighted by atomic mass is 16.5. The molecule has 5 nitrogen and oxygen atoms in total. The van der Waals surface area contributed by atoms with E-state index in [2.05, 4.69) is 5.32 Å². The van der Waals surface area contributed by atoms with E-state index in [0.29, 0.717) is 18.0 Å². The average Bonchev–Trinajstić information content (AvgIpc) is 2.58. The molecule has 2 N–H and O–H groups in total. The number of rotatable bonds is 1. The number of nitrogens with one attached hydrogen (secondary N) is 1. The molecular formula is C15H17NO4. The molecule has 1 aliphatic carbocycles. The zero-order chi connectivity index (χ0) is 14.2. The van der Waals surface area contributed by atoms with Crippen LogP contribution >= 0.6 is 0 Å². The maximum Gasteiger partial charge on any atom is 0.335 e. The van der Waals surface area contributed by atoms with Gasteiger partial charge in [-0.25, -0.2) is 4.79 Å². The van der Waals surface area contributed by atoms with Gasteiger partial charge in [0.15, 0.2) is 0 Å². The number of carboxylic acids is 1. The van der Waals surface area contributed by atoms with Crippen molar-refractivity contribution in [2.24, 2.45) is 5.41 Å². The van der Waals surface area contributed by atoms with E-state index >= 15 is 0 Å². The SMILES string of the molecule is O=C(O)c1ccc2c(c1)NC(=O)C1(CCCCC1)CO2. The standard InChI is InChI=1S/C15H17NO4/c17-13(18)10-4-5-12-11(8-10)16-14(19)15(9-20-12)6-2-1-3-7-15/h4-5,8H,1-3,6-7,9H2,(H,16,19)(H,17,18). The monoisotopic (exact) mass is 275 g/mol. The molecule has 0 atom stereocenters. The number of anilines is 1. The minimum atomic E-state index is -1.02. The molecule has 1 spiro atoms. The second-order valence-electron chi connectivity index (χ2n) is 5.60. The highest BCUT2D eigenvalue weighted by Gasteiger charge is 2.42. The second-order valence-corrected chi connectivity index (χ2v) is 5.60. The van der Waals surface area contributed by atoms with Crippen LogP contribution < -0.4 is 10.1 Å². The Bertz CT molecular complexity index is 561. The van der Waals surface area contributed by atoms with Crippen LogP contribution in [0.1, 0.15) is 42.5 Å². The third kappa shape index (κ3) is 2.13. The fourth-order valence-corrected chi connectivity index (χ4v) is 3.02. The predicted octanol–water partition coefficient (Wildman–Crippen LogP) is 2.67. The van der Waals surface area contributed by atoms with Crippen molar-refractivity contribution in [2.75, 3.05) is 11.9 Å². The first kappa shape index (κ1) is 13.0. The third-order valence-electron chi connectivity index (χ3n) is 4.27. The number of ether oxygens (including phenoxy) is 1. The summed E-state index contributed by atoms with van der Waals surface area (Å²) in [6, 6.07) is 4.56. The second kappa shape index (κ2) is 4.81. The molecule has 0 unspecified atom stereocenters. The van der Waals surface area contributed by atoms with Crippen LogP contribution in [0.15, 0.2) is 18.2 Å². The number of carbonyl (C=O) groups excluding carboxylic acids is 1. The summed E-state index contributed by atoms with van der Waals surface area (Å²) in [6.07, 6.45) is 4.89. The van der Waals surface area contributed by atoms with E-state index in [1.807, 2.05) is 0 Å². The molecule has 2 aliphatic rings. The lowest BCUT2D eigenvalue weighted by Crippen LogP contribution is -2.41. The maximum absolute atomic E-state index is 12.5. The van der Waals surface area contributed by atoms with Crippen LogP contribution in [0, 0.1) is 5.41 Å². The van der Waals surface area contributed by atoms with E-state index < -0.39 is 11.4 Å². The molecule has 1 amide bonds. The third-order valence-corrected chi connectivity index (χ3v) is 4.27. The van der Waals surface area contributed by atoms with Crippen molar-refractivity contribution >= 4 is 17.6 Å². The number of hydrogen-bond donors (Lipinski definition) is 2. The van der Waals surface area contributed by atoms with Crippen LogP contribution in [0.25, 0.3) is 0 Å². The zero-order valence-corrected chi connectivity index (χ0v) is 11.1. The van der Waals surface area contributed by atoms with Gasteiger partial charge in [-0.3, -0.25) is 4.79 Å². The molecule has 0 radical (unpaired) electrons. The number of aromatic carboxylic acids is 1. The largest absolute Gasteiger partial charge is 0.490 e. The van der Waals surface area contributed by atoms with Crippen LogP contribution in [-0.4, -0.2) is 23.6 Å². The lowest BCUT2D eigenvalue weighted by atomic mass is 9.74.